The Kier molecular flexibility index (Phi) is 6.40. The molecule has 0 aromatic heterocycles. The summed E-state index contributed by atoms with van der Waals surface area (Å²) < 4.78 is 37.7. The van der Waals surface area contributed by atoms with Gasteiger partial charge in [-0.25, -0.2) is 13.2 Å². The molecule has 27 heavy (non-hydrogen) atoms. The van der Waals surface area contributed by atoms with Crippen LogP contribution in [0.15, 0.2) is 47.4 Å². The van der Waals surface area contributed by atoms with Crippen molar-refractivity contribution < 1.29 is 27.5 Å². The van der Waals surface area contributed by atoms with E-state index in [0.717, 1.165) is 0 Å². The Morgan fingerprint density at radius 3 is 2.48 bits per heavy atom. The van der Waals surface area contributed by atoms with Crippen molar-refractivity contribution in [3.8, 4) is 5.75 Å². The molecule has 0 saturated heterocycles. The second kappa shape index (κ2) is 8.54. The molecule has 144 valence electrons. The van der Waals surface area contributed by atoms with Crippen molar-refractivity contribution in [2.75, 3.05) is 25.5 Å². The second-order valence-electron chi connectivity index (χ2n) is 5.35. The normalized spacial score (nSPS) is 10.8. The topological polar surface area (TPSA) is 111 Å². The van der Waals surface area contributed by atoms with Crippen LogP contribution in [0.3, 0.4) is 0 Å². The van der Waals surface area contributed by atoms with Crippen LogP contribution in [0.2, 0.25) is 0 Å². The summed E-state index contributed by atoms with van der Waals surface area (Å²) in [4.78, 5) is 23.6. The fraction of sp³-hybridized carbons (Fsp3) is 0.222. The lowest BCUT2D eigenvalue weighted by atomic mass is 10.2. The van der Waals surface area contributed by atoms with Crippen molar-refractivity contribution in [3.63, 3.8) is 0 Å². The number of benzene rings is 2. The van der Waals surface area contributed by atoms with Gasteiger partial charge in [0.05, 0.1) is 29.7 Å². The van der Waals surface area contributed by atoms with Crippen LogP contribution in [-0.2, 0) is 14.8 Å². The minimum atomic E-state index is -3.99. The van der Waals surface area contributed by atoms with Crippen LogP contribution in [0.25, 0.3) is 0 Å². The second-order valence-corrected chi connectivity index (χ2v) is 7.03. The van der Waals surface area contributed by atoms with Gasteiger partial charge >= 0.3 is 5.97 Å². The van der Waals surface area contributed by atoms with Gasteiger partial charge in [0.2, 0.25) is 0 Å². The predicted octanol–water partition coefficient (Wildman–Crippen LogP) is 2.03. The molecule has 0 heterocycles. The Morgan fingerprint density at radius 1 is 1.11 bits per heavy atom. The van der Waals surface area contributed by atoms with Crippen molar-refractivity contribution in [2.24, 2.45) is 0 Å². The average Bonchev–Trinajstić information content (AvgIpc) is 2.66. The summed E-state index contributed by atoms with van der Waals surface area (Å²) >= 11 is 0. The Hall–Kier alpha value is -3.07. The highest BCUT2D eigenvalue weighted by molar-refractivity contribution is 7.92. The van der Waals surface area contributed by atoms with Crippen LogP contribution in [-0.4, -0.2) is 41.1 Å². The molecule has 0 bridgehead atoms. The van der Waals surface area contributed by atoms with Gasteiger partial charge in [-0.15, -0.1) is 0 Å². The van der Waals surface area contributed by atoms with E-state index in [2.05, 4.69) is 10.0 Å². The smallest absolute Gasteiger partial charge is 0.338 e. The molecule has 2 rings (SSSR count). The minimum Gasteiger partial charge on any atom is -0.496 e. The van der Waals surface area contributed by atoms with Crippen molar-refractivity contribution in [1.29, 1.82) is 0 Å². The number of hydrogen-bond donors (Lipinski definition) is 2. The zero-order valence-corrected chi connectivity index (χ0v) is 15.9. The monoisotopic (exact) mass is 392 g/mol. The van der Waals surface area contributed by atoms with Gasteiger partial charge in [-0.05, 0) is 43.3 Å². The van der Waals surface area contributed by atoms with Crippen LogP contribution in [0.4, 0.5) is 5.69 Å². The number of nitrogens with one attached hydrogen (secondary N) is 2. The lowest BCUT2D eigenvalue weighted by molar-refractivity contribution is 0.0526. The summed E-state index contributed by atoms with van der Waals surface area (Å²) in [6.45, 7) is 1.89. The van der Waals surface area contributed by atoms with Gasteiger partial charge in [0.1, 0.15) is 5.75 Å². The number of anilines is 1. The van der Waals surface area contributed by atoms with Crippen molar-refractivity contribution in [1.82, 2.24) is 5.32 Å². The number of carbonyl (C=O) groups excluding carboxylic acids is 2. The molecule has 1 amide bonds. The zero-order chi connectivity index (χ0) is 20.0. The lowest BCUT2D eigenvalue weighted by Crippen LogP contribution is -2.20. The summed E-state index contributed by atoms with van der Waals surface area (Å²) in [5.41, 5.74) is 0.499. The number of rotatable bonds is 7. The summed E-state index contributed by atoms with van der Waals surface area (Å²) in [6, 6.07) is 9.87. The third-order valence-corrected chi connectivity index (χ3v) is 4.96. The van der Waals surface area contributed by atoms with E-state index in [1.807, 2.05) is 0 Å². The summed E-state index contributed by atoms with van der Waals surface area (Å²) in [6.07, 6.45) is 0. The average molecular weight is 392 g/mol. The number of hydrogen-bond acceptors (Lipinski definition) is 6. The van der Waals surface area contributed by atoms with Crippen LogP contribution in [0.5, 0.6) is 5.75 Å². The molecule has 0 aliphatic rings. The number of esters is 1. The predicted molar refractivity (Wildman–Crippen MR) is 99.6 cm³/mol. The SMILES string of the molecule is CCOC(=O)c1cccc(NS(=O)(=O)c2ccc(OC)c(C(=O)NC)c2)c1. The van der Waals surface area contributed by atoms with Gasteiger partial charge in [-0.3, -0.25) is 9.52 Å². The first kappa shape index (κ1) is 20.2. The van der Waals surface area contributed by atoms with Gasteiger partial charge in [0, 0.05) is 12.7 Å². The number of amides is 1. The third kappa shape index (κ3) is 4.76. The Morgan fingerprint density at radius 2 is 1.85 bits per heavy atom. The van der Waals surface area contributed by atoms with Gasteiger partial charge < -0.3 is 14.8 Å². The van der Waals surface area contributed by atoms with E-state index in [9.17, 15) is 18.0 Å². The highest BCUT2D eigenvalue weighted by atomic mass is 32.2. The van der Waals surface area contributed by atoms with E-state index in [-0.39, 0.29) is 34.1 Å². The van der Waals surface area contributed by atoms with Crippen molar-refractivity contribution in [3.05, 3.63) is 53.6 Å². The fourth-order valence-electron chi connectivity index (χ4n) is 2.30. The molecule has 0 saturated carbocycles. The molecule has 2 aromatic rings. The molecular weight excluding hydrogens is 372 g/mol. The largest absolute Gasteiger partial charge is 0.496 e. The zero-order valence-electron chi connectivity index (χ0n) is 15.1. The highest BCUT2D eigenvalue weighted by Crippen LogP contribution is 2.24. The molecule has 0 aliphatic carbocycles. The summed E-state index contributed by atoms with van der Waals surface area (Å²) in [7, 11) is -1.18. The van der Waals surface area contributed by atoms with Crippen LogP contribution in [0.1, 0.15) is 27.6 Å². The minimum absolute atomic E-state index is 0.0862. The highest BCUT2D eigenvalue weighted by Gasteiger charge is 2.20. The van der Waals surface area contributed by atoms with Crippen LogP contribution < -0.4 is 14.8 Å². The van der Waals surface area contributed by atoms with E-state index in [4.69, 9.17) is 9.47 Å². The molecular formula is C18H20N2O6S. The quantitative estimate of drug-likeness (QED) is 0.698. The first-order chi connectivity index (χ1) is 12.8. The van der Waals surface area contributed by atoms with E-state index in [1.54, 1.807) is 6.92 Å². The molecule has 8 nitrogen and oxygen atoms in total. The molecule has 9 heteroatoms. The molecule has 2 aromatic carbocycles. The molecule has 0 atom stereocenters. The molecule has 0 fully saturated rings. The van der Waals surface area contributed by atoms with Gasteiger partial charge in [0.25, 0.3) is 15.9 Å². The maximum absolute atomic E-state index is 12.7. The number of ether oxygens (including phenoxy) is 2. The van der Waals surface area contributed by atoms with Gasteiger partial charge in [0.15, 0.2) is 0 Å². The van der Waals surface area contributed by atoms with Gasteiger partial charge in [-0.2, -0.15) is 0 Å². The first-order valence-electron chi connectivity index (χ1n) is 8.02. The van der Waals surface area contributed by atoms with Crippen LogP contribution >= 0.6 is 0 Å². The van der Waals surface area contributed by atoms with Crippen molar-refractivity contribution >= 4 is 27.6 Å². The van der Waals surface area contributed by atoms with Crippen LogP contribution in [0, 0.1) is 0 Å². The fourth-order valence-corrected chi connectivity index (χ4v) is 3.38. The number of sulfonamides is 1. The standard InChI is InChI=1S/C18H20N2O6S/c1-4-26-18(22)12-6-5-7-13(10-12)20-27(23,24)14-8-9-16(25-3)15(11-14)17(21)19-2/h5-11,20H,4H2,1-3H3,(H,19,21). The Balaban J connectivity index is 2.36. The first-order valence-corrected chi connectivity index (χ1v) is 9.50. The number of carbonyl (C=O) groups is 2. The summed E-state index contributed by atoms with van der Waals surface area (Å²) in [5.74, 6) is -0.782. The maximum atomic E-state index is 12.7. The summed E-state index contributed by atoms with van der Waals surface area (Å²) in [5, 5.41) is 2.43. The van der Waals surface area contributed by atoms with E-state index < -0.39 is 21.9 Å². The van der Waals surface area contributed by atoms with Gasteiger partial charge in [-0.1, -0.05) is 6.07 Å². The maximum Gasteiger partial charge on any atom is 0.338 e. The molecule has 0 spiro atoms. The molecule has 2 N–H and O–H groups in total. The third-order valence-electron chi connectivity index (χ3n) is 3.58. The Labute approximate surface area is 157 Å². The van der Waals surface area contributed by atoms with Crippen molar-refractivity contribution in [2.45, 2.75) is 11.8 Å². The number of methoxy groups -OCH3 is 1. The van der Waals surface area contributed by atoms with E-state index in [1.165, 1.54) is 56.6 Å². The van der Waals surface area contributed by atoms with E-state index >= 15 is 0 Å². The molecule has 0 aliphatic heterocycles. The molecule has 0 unspecified atom stereocenters. The molecule has 0 radical (unpaired) electrons. The Bertz CT molecular complexity index is 956. The van der Waals surface area contributed by atoms with E-state index in [0.29, 0.717) is 0 Å². The lowest BCUT2D eigenvalue weighted by Gasteiger charge is -2.12.